The summed E-state index contributed by atoms with van der Waals surface area (Å²) in [5.74, 6) is 1.05. The molecule has 2 unspecified atom stereocenters. The van der Waals surface area contributed by atoms with Crippen LogP contribution in [0.5, 0.6) is 0 Å². The topological polar surface area (TPSA) is 58.6 Å². The summed E-state index contributed by atoms with van der Waals surface area (Å²) in [6, 6.07) is 0. The molecule has 0 radical (unpaired) electrons. The van der Waals surface area contributed by atoms with Gasteiger partial charge in [0, 0.05) is 44.9 Å². The third-order valence-electron chi connectivity index (χ3n) is 7.10. The molecule has 4 aliphatic rings. The Labute approximate surface area is 199 Å². The van der Waals surface area contributed by atoms with E-state index < -0.39 is 0 Å². The Balaban J connectivity index is 0.00000256. The molecule has 0 amide bonds. The highest BCUT2D eigenvalue weighted by Gasteiger charge is 2.39. The molecule has 0 aromatic heterocycles. The highest BCUT2D eigenvalue weighted by molar-refractivity contribution is 14.0. The van der Waals surface area contributed by atoms with Gasteiger partial charge in [0.05, 0.1) is 32.5 Å². The molecule has 4 rings (SSSR count). The summed E-state index contributed by atoms with van der Waals surface area (Å²) in [5, 5.41) is 3.56. The summed E-state index contributed by atoms with van der Waals surface area (Å²) in [4.78, 5) is 10.3. The summed E-state index contributed by atoms with van der Waals surface area (Å²) in [5.41, 5.74) is 0.211. The lowest BCUT2D eigenvalue weighted by Crippen LogP contribution is -2.57. The van der Waals surface area contributed by atoms with Gasteiger partial charge in [-0.2, -0.15) is 0 Å². The molecule has 1 aliphatic carbocycles. The number of aliphatic imine (C=N–C) groups is 1. The number of nitrogens with zero attached hydrogens (tertiary/aromatic N) is 3. The molecule has 174 valence electrons. The van der Waals surface area contributed by atoms with E-state index in [0.29, 0.717) is 0 Å². The Morgan fingerprint density at radius 2 is 1.73 bits per heavy atom. The van der Waals surface area contributed by atoms with E-state index in [9.17, 15) is 0 Å². The quantitative estimate of drug-likeness (QED) is 0.331. The monoisotopic (exact) mass is 536 g/mol. The molecular formula is C22H41IN4O3. The van der Waals surface area contributed by atoms with Gasteiger partial charge in [-0.25, -0.2) is 0 Å². The molecule has 8 heteroatoms. The van der Waals surface area contributed by atoms with Gasteiger partial charge in [-0.05, 0) is 32.6 Å². The van der Waals surface area contributed by atoms with E-state index in [1.807, 2.05) is 0 Å². The normalized spacial score (nSPS) is 30.7. The van der Waals surface area contributed by atoms with Gasteiger partial charge in [0.1, 0.15) is 6.10 Å². The van der Waals surface area contributed by atoms with Crippen LogP contribution in [-0.2, 0) is 14.2 Å². The summed E-state index contributed by atoms with van der Waals surface area (Å²) >= 11 is 0. The zero-order valence-corrected chi connectivity index (χ0v) is 21.0. The van der Waals surface area contributed by atoms with Crippen LogP contribution in [0.2, 0.25) is 0 Å². The van der Waals surface area contributed by atoms with Crippen molar-refractivity contribution in [3.8, 4) is 0 Å². The van der Waals surface area contributed by atoms with Gasteiger partial charge < -0.3 is 24.4 Å². The Hall–Kier alpha value is -0.160. The Bertz CT molecular complexity index is 532. The van der Waals surface area contributed by atoms with Crippen molar-refractivity contribution >= 4 is 29.9 Å². The molecule has 1 saturated carbocycles. The zero-order valence-electron chi connectivity index (χ0n) is 18.7. The number of morpholine rings is 2. The molecule has 3 heterocycles. The molecule has 0 bridgehead atoms. The van der Waals surface area contributed by atoms with Crippen LogP contribution in [0.3, 0.4) is 0 Å². The Morgan fingerprint density at radius 3 is 2.43 bits per heavy atom. The van der Waals surface area contributed by atoms with E-state index in [0.717, 1.165) is 84.5 Å². The van der Waals surface area contributed by atoms with Crippen molar-refractivity contribution < 1.29 is 14.2 Å². The molecule has 0 aromatic carbocycles. The lowest BCUT2D eigenvalue weighted by atomic mass is 9.80. The van der Waals surface area contributed by atoms with Gasteiger partial charge in [0.15, 0.2) is 5.96 Å². The maximum absolute atomic E-state index is 6.06. The Kier molecular flexibility index (Phi) is 9.94. The summed E-state index contributed by atoms with van der Waals surface area (Å²) in [6.07, 6.45) is 9.21. The van der Waals surface area contributed by atoms with E-state index in [4.69, 9.17) is 19.2 Å². The van der Waals surface area contributed by atoms with Gasteiger partial charge in [-0.1, -0.05) is 19.3 Å². The SMILES string of the molecule is CCNC(=NCC1(N2CCOCC2)CCCCC1)N1CCOC(C2CCCO2)C1.I. The van der Waals surface area contributed by atoms with Crippen molar-refractivity contribution in [2.45, 2.75) is 69.6 Å². The average Bonchev–Trinajstić information content (AvgIpc) is 3.33. The van der Waals surface area contributed by atoms with E-state index in [2.05, 4.69) is 22.0 Å². The fraction of sp³-hybridized carbons (Fsp3) is 0.955. The number of hydrogen-bond acceptors (Lipinski definition) is 5. The minimum atomic E-state index is 0. The number of rotatable bonds is 5. The maximum atomic E-state index is 6.06. The first-order valence-corrected chi connectivity index (χ1v) is 11.9. The predicted molar refractivity (Wildman–Crippen MR) is 130 cm³/mol. The van der Waals surface area contributed by atoms with Crippen molar-refractivity contribution in [2.75, 3.05) is 65.7 Å². The average molecular weight is 536 g/mol. The fourth-order valence-corrected chi connectivity index (χ4v) is 5.46. The van der Waals surface area contributed by atoms with E-state index in [1.165, 1.54) is 32.1 Å². The largest absolute Gasteiger partial charge is 0.379 e. The van der Waals surface area contributed by atoms with Gasteiger partial charge in [0.25, 0.3) is 0 Å². The summed E-state index contributed by atoms with van der Waals surface area (Å²) in [6.45, 7) is 11.2. The molecule has 2 atom stereocenters. The minimum Gasteiger partial charge on any atom is -0.379 e. The highest BCUT2D eigenvalue weighted by atomic mass is 127. The fourth-order valence-electron chi connectivity index (χ4n) is 5.46. The van der Waals surface area contributed by atoms with E-state index >= 15 is 0 Å². The lowest BCUT2D eigenvalue weighted by Gasteiger charge is -2.47. The van der Waals surface area contributed by atoms with Crippen LogP contribution < -0.4 is 5.32 Å². The summed E-state index contributed by atoms with van der Waals surface area (Å²) < 4.78 is 17.6. The summed E-state index contributed by atoms with van der Waals surface area (Å²) in [7, 11) is 0. The molecule has 7 nitrogen and oxygen atoms in total. The molecule has 4 fully saturated rings. The van der Waals surface area contributed by atoms with Crippen molar-refractivity contribution in [3.63, 3.8) is 0 Å². The van der Waals surface area contributed by atoms with Crippen LogP contribution >= 0.6 is 24.0 Å². The highest BCUT2D eigenvalue weighted by Crippen LogP contribution is 2.34. The minimum absolute atomic E-state index is 0. The third-order valence-corrected chi connectivity index (χ3v) is 7.10. The van der Waals surface area contributed by atoms with Crippen LogP contribution in [0.25, 0.3) is 0 Å². The molecule has 3 saturated heterocycles. The van der Waals surface area contributed by atoms with Crippen LogP contribution in [0.15, 0.2) is 4.99 Å². The molecule has 0 spiro atoms. The van der Waals surface area contributed by atoms with Crippen molar-refractivity contribution in [1.29, 1.82) is 0 Å². The van der Waals surface area contributed by atoms with Gasteiger partial charge >= 0.3 is 0 Å². The van der Waals surface area contributed by atoms with Crippen LogP contribution in [0.4, 0.5) is 0 Å². The number of nitrogens with one attached hydrogen (secondary N) is 1. The first-order valence-electron chi connectivity index (χ1n) is 11.9. The number of ether oxygens (including phenoxy) is 3. The molecule has 30 heavy (non-hydrogen) atoms. The third kappa shape index (κ3) is 5.99. The standard InChI is InChI=1S/C22H40N4O3.HI/c1-2-23-21(25-10-16-29-20(17-25)19-7-6-13-28-19)24-18-22(8-4-3-5-9-22)26-11-14-27-15-12-26;/h19-20H,2-18H2,1H3,(H,23,24);1H. The molecule has 1 N–H and O–H groups in total. The number of hydrogen-bond donors (Lipinski definition) is 1. The lowest BCUT2D eigenvalue weighted by molar-refractivity contribution is -0.0818. The van der Waals surface area contributed by atoms with Gasteiger partial charge in [-0.15, -0.1) is 24.0 Å². The van der Waals surface area contributed by atoms with Gasteiger partial charge in [-0.3, -0.25) is 9.89 Å². The second kappa shape index (κ2) is 12.2. The van der Waals surface area contributed by atoms with E-state index in [-0.39, 0.29) is 41.7 Å². The second-order valence-electron chi connectivity index (χ2n) is 8.96. The Morgan fingerprint density at radius 1 is 0.967 bits per heavy atom. The molecular weight excluding hydrogens is 495 g/mol. The van der Waals surface area contributed by atoms with E-state index in [1.54, 1.807) is 0 Å². The van der Waals surface area contributed by atoms with Crippen molar-refractivity contribution in [2.24, 2.45) is 4.99 Å². The smallest absolute Gasteiger partial charge is 0.194 e. The second-order valence-corrected chi connectivity index (χ2v) is 8.96. The van der Waals surface area contributed by atoms with Crippen LogP contribution in [0.1, 0.15) is 51.9 Å². The van der Waals surface area contributed by atoms with Gasteiger partial charge in [0.2, 0.25) is 0 Å². The molecule has 3 aliphatic heterocycles. The van der Waals surface area contributed by atoms with Crippen LogP contribution in [0, 0.1) is 0 Å². The maximum Gasteiger partial charge on any atom is 0.194 e. The van der Waals surface area contributed by atoms with Crippen molar-refractivity contribution in [1.82, 2.24) is 15.1 Å². The zero-order chi connectivity index (χ0) is 19.9. The molecule has 0 aromatic rings. The predicted octanol–water partition coefficient (Wildman–Crippen LogP) is 2.48. The first-order chi connectivity index (χ1) is 14.3. The number of guanidine groups is 1. The van der Waals surface area contributed by atoms with Crippen LogP contribution in [-0.4, -0.2) is 99.2 Å². The first kappa shape index (κ1) is 24.5. The number of halogens is 1. The van der Waals surface area contributed by atoms with Crippen molar-refractivity contribution in [3.05, 3.63) is 0 Å².